The van der Waals surface area contributed by atoms with E-state index in [1.807, 2.05) is 0 Å². The maximum absolute atomic E-state index is 12.9. The van der Waals surface area contributed by atoms with Gasteiger partial charge in [0.25, 0.3) is 5.60 Å². The fourth-order valence-corrected chi connectivity index (χ4v) is 2.73. The van der Waals surface area contributed by atoms with Gasteiger partial charge in [0.15, 0.2) is 0 Å². The van der Waals surface area contributed by atoms with Crippen LogP contribution in [0.2, 0.25) is 0 Å². The highest BCUT2D eigenvalue weighted by Crippen LogP contribution is 2.50. The third-order valence-electron chi connectivity index (χ3n) is 4.10. The molecule has 0 unspecified atom stereocenters. The zero-order valence-corrected chi connectivity index (χ0v) is 12.9. The lowest BCUT2D eigenvalue weighted by Gasteiger charge is -2.32. The van der Waals surface area contributed by atoms with Crippen LogP contribution in [0.4, 0.5) is 26.3 Å². The third kappa shape index (κ3) is 2.80. The standard InChI is InChI=1S/C18H11F6NO/c19-17(20,21)16(26,18(22,23)24)13-7-5-11(6-8-13)15-10-25-9-12-3-1-2-4-14(12)15/h1-10,26H. The van der Waals surface area contributed by atoms with E-state index in [1.54, 1.807) is 30.5 Å². The van der Waals surface area contributed by atoms with Gasteiger partial charge in [-0.15, -0.1) is 0 Å². The van der Waals surface area contributed by atoms with Crippen molar-refractivity contribution < 1.29 is 31.4 Å². The van der Waals surface area contributed by atoms with E-state index >= 15 is 0 Å². The van der Waals surface area contributed by atoms with Gasteiger partial charge >= 0.3 is 12.4 Å². The van der Waals surface area contributed by atoms with Gasteiger partial charge in [-0.3, -0.25) is 4.98 Å². The average Bonchev–Trinajstić information content (AvgIpc) is 2.59. The highest BCUT2D eigenvalue weighted by Gasteiger charge is 2.71. The summed E-state index contributed by atoms with van der Waals surface area (Å²) in [5.41, 5.74) is -5.30. The highest BCUT2D eigenvalue weighted by molar-refractivity contribution is 5.95. The van der Waals surface area contributed by atoms with Crippen LogP contribution in [0.25, 0.3) is 21.9 Å². The Labute approximate surface area is 143 Å². The number of benzene rings is 2. The number of halogens is 6. The largest absolute Gasteiger partial charge is 0.430 e. The van der Waals surface area contributed by atoms with E-state index in [9.17, 15) is 31.4 Å². The van der Waals surface area contributed by atoms with Crippen molar-refractivity contribution in [1.82, 2.24) is 4.98 Å². The predicted molar refractivity (Wildman–Crippen MR) is 83.2 cm³/mol. The third-order valence-corrected chi connectivity index (χ3v) is 4.10. The van der Waals surface area contributed by atoms with E-state index < -0.39 is 23.5 Å². The second kappa shape index (κ2) is 5.98. The van der Waals surface area contributed by atoms with Gasteiger partial charge in [0.1, 0.15) is 0 Å². The van der Waals surface area contributed by atoms with Crippen molar-refractivity contribution in [1.29, 1.82) is 0 Å². The number of alkyl halides is 6. The zero-order valence-electron chi connectivity index (χ0n) is 12.9. The molecule has 0 radical (unpaired) electrons. The molecule has 0 aliphatic carbocycles. The molecule has 0 bridgehead atoms. The molecule has 3 rings (SSSR count). The van der Waals surface area contributed by atoms with Gasteiger partial charge in [-0.2, -0.15) is 26.3 Å². The minimum atomic E-state index is -5.91. The van der Waals surface area contributed by atoms with Crippen LogP contribution >= 0.6 is 0 Å². The number of fused-ring (bicyclic) bond motifs is 1. The van der Waals surface area contributed by atoms with Crippen LogP contribution < -0.4 is 0 Å². The van der Waals surface area contributed by atoms with E-state index in [1.165, 1.54) is 6.20 Å². The normalized spacial score (nSPS) is 13.2. The average molecular weight is 371 g/mol. The van der Waals surface area contributed by atoms with Crippen molar-refractivity contribution in [3.8, 4) is 11.1 Å². The Balaban J connectivity index is 2.11. The topological polar surface area (TPSA) is 33.1 Å². The van der Waals surface area contributed by atoms with Crippen LogP contribution in [0.1, 0.15) is 5.56 Å². The second-order valence-corrected chi connectivity index (χ2v) is 5.69. The molecule has 1 heterocycles. The molecule has 0 fully saturated rings. The Morgan fingerprint density at radius 2 is 1.31 bits per heavy atom. The molecule has 2 nitrogen and oxygen atoms in total. The molecule has 136 valence electrons. The molecule has 0 amide bonds. The van der Waals surface area contributed by atoms with Gasteiger partial charge in [-0.1, -0.05) is 48.5 Å². The van der Waals surface area contributed by atoms with Crippen molar-refractivity contribution in [2.45, 2.75) is 18.0 Å². The monoisotopic (exact) mass is 371 g/mol. The molecule has 3 aromatic rings. The molecule has 0 spiro atoms. The lowest BCUT2D eigenvalue weighted by molar-refractivity contribution is -0.376. The van der Waals surface area contributed by atoms with Crippen molar-refractivity contribution >= 4 is 10.8 Å². The first-order valence-electron chi connectivity index (χ1n) is 7.35. The first-order chi connectivity index (χ1) is 12.1. The smallest absolute Gasteiger partial charge is 0.369 e. The van der Waals surface area contributed by atoms with Gasteiger partial charge in [0.05, 0.1) is 0 Å². The Hall–Kier alpha value is -2.61. The van der Waals surface area contributed by atoms with E-state index in [4.69, 9.17) is 0 Å². The van der Waals surface area contributed by atoms with Gasteiger partial charge in [0.2, 0.25) is 0 Å². The van der Waals surface area contributed by atoms with Gasteiger partial charge in [-0.05, 0) is 10.9 Å². The molecule has 26 heavy (non-hydrogen) atoms. The molecule has 0 aliphatic rings. The molecule has 0 aliphatic heterocycles. The van der Waals surface area contributed by atoms with E-state index in [-0.39, 0.29) is 0 Å². The summed E-state index contributed by atoms with van der Waals surface area (Å²) in [5.74, 6) is 0. The van der Waals surface area contributed by atoms with Crippen molar-refractivity contribution in [3.63, 3.8) is 0 Å². The fourth-order valence-electron chi connectivity index (χ4n) is 2.73. The molecule has 1 N–H and O–H groups in total. The fraction of sp³-hybridized carbons (Fsp3) is 0.167. The Bertz CT molecular complexity index is 912. The summed E-state index contributed by atoms with van der Waals surface area (Å²) in [6.07, 6.45) is -8.75. The second-order valence-electron chi connectivity index (χ2n) is 5.69. The number of hydrogen-bond donors (Lipinski definition) is 1. The van der Waals surface area contributed by atoms with Crippen LogP contribution in [-0.2, 0) is 5.60 Å². The summed E-state index contributed by atoms with van der Waals surface area (Å²) in [6.45, 7) is 0. The summed E-state index contributed by atoms with van der Waals surface area (Å²) in [4.78, 5) is 4.03. The van der Waals surface area contributed by atoms with Gasteiger partial charge in [0, 0.05) is 28.9 Å². The predicted octanol–water partition coefficient (Wildman–Crippen LogP) is 5.21. The minimum absolute atomic E-state index is 0.379. The Morgan fingerprint density at radius 1 is 0.731 bits per heavy atom. The number of rotatable bonds is 2. The van der Waals surface area contributed by atoms with E-state index in [0.717, 1.165) is 22.9 Å². The lowest BCUT2D eigenvalue weighted by Crippen LogP contribution is -2.53. The quantitative estimate of drug-likeness (QED) is 0.627. The van der Waals surface area contributed by atoms with Gasteiger partial charge in [-0.25, -0.2) is 0 Å². The summed E-state index contributed by atoms with van der Waals surface area (Å²) < 4.78 is 77.6. The van der Waals surface area contributed by atoms with E-state index in [2.05, 4.69) is 4.98 Å². The Kier molecular flexibility index (Phi) is 4.18. The van der Waals surface area contributed by atoms with Crippen LogP contribution in [0.15, 0.2) is 60.9 Å². The minimum Gasteiger partial charge on any atom is -0.369 e. The molecular formula is C18H11F6NO. The summed E-state index contributed by atoms with van der Waals surface area (Å²) in [5, 5.41) is 10.9. The highest BCUT2D eigenvalue weighted by atomic mass is 19.4. The lowest BCUT2D eigenvalue weighted by atomic mass is 9.90. The maximum Gasteiger partial charge on any atom is 0.430 e. The van der Waals surface area contributed by atoms with Crippen LogP contribution in [-0.4, -0.2) is 22.4 Å². The summed E-state index contributed by atoms with van der Waals surface area (Å²) in [7, 11) is 0. The number of aromatic nitrogens is 1. The summed E-state index contributed by atoms with van der Waals surface area (Å²) in [6, 6.07) is 10.5. The van der Waals surface area contributed by atoms with Crippen molar-refractivity contribution in [2.24, 2.45) is 0 Å². The Morgan fingerprint density at radius 3 is 1.88 bits per heavy atom. The molecule has 0 saturated carbocycles. The number of pyridine rings is 1. The van der Waals surface area contributed by atoms with Crippen molar-refractivity contribution in [3.05, 3.63) is 66.5 Å². The first kappa shape index (κ1) is 18.2. The number of nitrogens with zero attached hydrogens (tertiary/aromatic N) is 1. The zero-order chi connectivity index (χ0) is 19.2. The van der Waals surface area contributed by atoms with Crippen LogP contribution in [0.5, 0.6) is 0 Å². The van der Waals surface area contributed by atoms with E-state index in [0.29, 0.717) is 23.3 Å². The number of hydrogen-bond acceptors (Lipinski definition) is 2. The molecule has 1 aromatic heterocycles. The SMILES string of the molecule is OC(c1ccc(-c2cncc3ccccc23)cc1)(C(F)(F)F)C(F)(F)F. The van der Waals surface area contributed by atoms with Gasteiger partial charge < -0.3 is 5.11 Å². The molecule has 0 atom stereocenters. The summed E-state index contributed by atoms with van der Waals surface area (Å²) >= 11 is 0. The van der Waals surface area contributed by atoms with Crippen molar-refractivity contribution in [2.75, 3.05) is 0 Å². The molecule has 2 aromatic carbocycles. The maximum atomic E-state index is 12.9. The van der Waals surface area contributed by atoms with Crippen LogP contribution in [0, 0.1) is 0 Å². The number of aliphatic hydroxyl groups is 1. The molecule has 0 saturated heterocycles. The first-order valence-corrected chi connectivity index (χ1v) is 7.35. The van der Waals surface area contributed by atoms with Crippen LogP contribution in [0.3, 0.4) is 0 Å². The molecular weight excluding hydrogens is 360 g/mol. The molecule has 8 heteroatoms.